The molecule has 1 aliphatic rings. The van der Waals surface area contributed by atoms with E-state index < -0.39 is 5.91 Å². The Labute approximate surface area is 176 Å². The van der Waals surface area contributed by atoms with Crippen molar-refractivity contribution in [3.05, 3.63) is 89.2 Å². The maximum Gasteiger partial charge on any atom is 0.269 e. The van der Waals surface area contributed by atoms with Crippen LogP contribution in [0.3, 0.4) is 0 Å². The Morgan fingerprint density at radius 1 is 1.00 bits per heavy atom. The summed E-state index contributed by atoms with van der Waals surface area (Å²) in [6.45, 7) is 1.40. The first-order valence-corrected chi connectivity index (χ1v) is 10.3. The molecule has 0 unspecified atom stereocenters. The second-order valence-corrected chi connectivity index (χ2v) is 7.81. The van der Waals surface area contributed by atoms with Crippen molar-refractivity contribution in [2.45, 2.75) is 31.1 Å². The number of nitrogens with two attached hydrogens (primary N) is 1. The fraction of sp³-hybridized carbons (Fsp3) is 0.292. The second-order valence-electron chi connectivity index (χ2n) is 7.81. The van der Waals surface area contributed by atoms with Crippen LogP contribution in [0, 0.1) is 0 Å². The van der Waals surface area contributed by atoms with Crippen molar-refractivity contribution in [1.29, 1.82) is 0 Å². The van der Waals surface area contributed by atoms with Crippen LogP contribution in [0.25, 0.3) is 0 Å². The van der Waals surface area contributed by atoms with Gasteiger partial charge in [-0.2, -0.15) is 5.10 Å². The smallest absolute Gasteiger partial charge is 0.269 e. The molecule has 30 heavy (non-hydrogen) atoms. The van der Waals surface area contributed by atoms with Crippen molar-refractivity contribution in [1.82, 2.24) is 15.1 Å². The van der Waals surface area contributed by atoms with E-state index in [0.717, 1.165) is 29.7 Å². The number of carbonyl (C=O) groups is 2. The van der Waals surface area contributed by atoms with Gasteiger partial charge >= 0.3 is 0 Å². The number of aromatic nitrogens is 2. The van der Waals surface area contributed by atoms with Crippen molar-refractivity contribution >= 4 is 11.8 Å². The molecule has 1 fully saturated rings. The minimum atomic E-state index is -0.530. The highest BCUT2D eigenvalue weighted by molar-refractivity contribution is 5.90. The third-order valence-corrected chi connectivity index (χ3v) is 5.92. The summed E-state index contributed by atoms with van der Waals surface area (Å²) >= 11 is 0. The molecule has 3 N–H and O–H groups in total. The van der Waals surface area contributed by atoms with Crippen molar-refractivity contribution in [2.24, 2.45) is 5.73 Å². The minimum absolute atomic E-state index is 0.0448. The van der Waals surface area contributed by atoms with Crippen molar-refractivity contribution in [3.8, 4) is 0 Å². The summed E-state index contributed by atoms with van der Waals surface area (Å²) in [5.74, 6) is -0.0522. The molecule has 4 rings (SSSR count). The Hall–Kier alpha value is -3.41. The van der Waals surface area contributed by atoms with Crippen molar-refractivity contribution in [2.75, 3.05) is 13.1 Å². The van der Waals surface area contributed by atoms with Crippen LogP contribution in [0.15, 0.2) is 66.7 Å². The normalized spacial score (nSPS) is 14.8. The van der Waals surface area contributed by atoms with Gasteiger partial charge in [0.15, 0.2) is 0 Å². The van der Waals surface area contributed by atoms with E-state index in [0.29, 0.717) is 19.5 Å². The molecule has 1 saturated heterocycles. The average Bonchev–Trinajstić information content (AvgIpc) is 3.29. The molecule has 1 aromatic heterocycles. The number of amides is 2. The quantitative estimate of drug-likeness (QED) is 0.662. The van der Waals surface area contributed by atoms with Crippen LogP contribution < -0.4 is 5.73 Å². The first-order valence-electron chi connectivity index (χ1n) is 10.3. The van der Waals surface area contributed by atoms with E-state index in [1.165, 1.54) is 0 Å². The lowest BCUT2D eigenvalue weighted by molar-refractivity contribution is -0.132. The molecule has 3 aromatic rings. The minimum Gasteiger partial charge on any atom is -0.364 e. The number of nitrogens with zero attached hydrogens (tertiary/aromatic N) is 2. The Morgan fingerprint density at radius 2 is 1.57 bits per heavy atom. The first-order chi connectivity index (χ1) is 14.6. The topological polar surface area (TPSA) is 92.1 Å². The SMILES string of the molecule is NC(=O)c1cc(C2CCN(C(=O)CC(c3ccccc3)c3ccccc3)CC2)[nH]n1. The summed E-state index contributed by atoms with van der Waals surface area (Å²) in [4.78, 5) is 26.4. The van der Waals surface area contributed by atoms with E-state index in [1.54, 1.807) is 6.07 Å². The maximum absolute atomic E-state index is 13.1. The van der Waals surface area contributed by atoms with Gasteiger partial charge < -0.3 is 10.6 Å². The molecule has 154 valence electrons. The predicted octanol–water partition coefficient (Wildman–Crippen LogP) is 3.44. The fourth-order valence-electron chi connectivity index (χ4n) is 4.21. The van der Waals surface area contributed by atoms with Gasteiger partial charge in [0.25, 0.3) is 5.91 Å². The fourth-order valence-corrected chi connectivity index (χ4v) is 4.21. The van der Waals surface area contributed by atoms with Gasteiger partial charge in [-0.25, -0.2) is 0 Å². The Morgan fingerprint density at radius 3 is 2.07 bits per heavy atom. The highest BCUT2D eigenvalue weighted by Crippen LogP contribution is 2.31. The van der Waals surface area contributed by atoms with E-state index in [4.69, 9.17) is 5.73 Å². The van der Waals surface area contributed by atoms with Crippen LogP contribution in [0.4, 0.5) is 0 Å². The van der Waals surface area contributed by atoms with Crippen molar-refractivity contribution in [3.63, 3.8) is 0 Å². The number of nitrogens with one attached hydrogen (secondary N) is 1. The lowest BCUT2D eigenvalue weighted by atomic mass is 9.87. The van der Waals surface area contributed by atoms with Gasteiger partial charge in [-0.1, -0.05) is 60.7 Å². The molecule has 0 saturated carbocycles. The summed E-state index contributed by atoms with van der Waals surface area (Å²) < 4.78 is 0. The lowest BCUT2D eigenvalue weighted by Crippen LogP contribution is -2.38. The van der Waals surface area contributed by atoms with E-state index in [2.05, 4.69) is 34.5 Å². The summed E-state index contributed by atoms with van der Waals surface area (Å²) in [6.07, 6.45) is 2.13. The Bertz CT molecular complexity index is 953. The molecule has 0 radical (unpaired) electrons. The molecule has 2 heterocycles. The number of primary amides is 1. The summed E-state index contributed by atoms with van der Waals surface area (Å²) in [5.41, 5.74) is 8.78. The van der Waals surface area contributed by atoms with Crippen LogP contribution in [-0.4, -0.2) is 40.0 Å². The van der Waals surface area contributed by atoms with E-state index >= 15 is 0 Å². The van der Waals surface area contributed by atoms with Crippen LogP contribution in [-0.2, 0) is 4.79 Å². The molecule has 2 aromatic carbocycles. The molecule has 6 nitrogen and oxygen atoms in total. The number of likely N-dealkylation sites (tertiary alicyclic amines) is 1. The van der Waals surface area contributed by atoms with Crippen LogP contribution in [0.2, 0.25) is 0 Å². The van der Waals surface area contributed by atoms with Crippen LogP contribution in [0.5, 0.6) is 0 Å². The number of H-pyrrole nitrogens is 1. The predicted molar refractivity (Wildman–Crippen MR) is 115 cm³/mol. The molecular formula is C24H26N4O2. The van der Waals surface area contributed by atoms with E-state index in [-0.39, 0.29) is 23.4 Å². The largest absolute Gasteiger partial charge is 0.364 e. The summed E-state index contributed by atoms with van der Waals surface area (Å²) in [5, 5.41) is 6.89. The van der Waals surface area contributed by atoms with Gasteiger partial charge in [-0.15, -0.1) is 0 Å². The number of hydrogen-bond acceptors (Lipinski definition) is 3. The molecule has 1 aliphatic heterocycles. The van der Waals surface area contributed by atoms with Gasteiger partial charge in [-0.3, -0.25) is 14.7 Å². The number of carbonyl (C=O) groups excluding carboxylic acids is 2. The molecule has 6 heteroatoms. The second kappa shape index (κ2) is 8.95. The molecular weight excluding hydrogens is 376 g/mol. The zero-order chi connectivity index (χ0) is 20.9. The number of hydrogen-bond donors (Lipinski definition) is 2. The van der Waals surface area contributed by atoms with Gasteiger partial charge in [-0.05, 0) is 30.0 Å². The van der Waals surface area contributed by atoms with Crippen LogP contribution >= 0.6 is 0 Å². The zero-order valence-electron chi connectivity index (χ0n) is 16.8. The molecule has 0 bridgehead atoms. The number of benzene rings is 2. The van der Waals surface area contributed by atoms with E-state index in [9.17, 15) is 9.59 Å². The zero-order valence-corrected chi connectivity index (χ0v) is 16.8. The lowest BCUT2D eigenvalue weighted by Gasteiger charge is -2.32. The number of piperidine rings is 1. The van der Waals surface area contributed by atoms with Gasteiger partial charge in [0.05, 0.1) is 0 Å². The Balaban J connectivity index is 1.42. The monoisotopic (exact) mass is 402 g/mol. The van der Waals surface area contributed by atoms with Crippen LogP contribution in [0.1, 0.15) is 58.4 Å². The van der Waals surface area contributed by atoms with Gasteiger partial charge in [0, 0.05) is 37.0 Å². The molecule has 0 spiro atoms. The Kier molecular flexibility index (Phi) is 5.93. The average molecular weight is 402 g/mol. The third-order valence-electron chi connectivity index (χ3n) is 5.92. The van der Waals surface area contributed by atoms with Gasteiger partial charge in [0.2, 0.25) is 5.91 Å². The molecule has 0 aliphatic carbocycles. The standard InChI is InChI=1S/C24H26N4O2/c25-24(30)22-16-21(26-27-22)19-11-13-28(14-12-19)23(29)15-20(17-7-3-1-4-8-17)18-9-5-2-6-10-18/h1-10,16,19-20H,11-15H2,(H2,25,30)(H,26,27). The highest BCUT2D eigenvalue weighted by Gasteiger charge is 2.27. The number of aromatic amines is 1. The molecule has 0 atom stereocenters. The summed E-state index contributed by atoms with van der Waals surface area (Å²) in [7, 11) is 0. The first kappa shape index (κ1) is 19.9. The third kappa shape index (κ3) is 4.43. The number of rotatable bonds is 6. The van der Waals surface area contributed by atoms with E-state index in [1.807, 2.05) is 41.3 Å². The van der Waals surface area contributed by atoms with Crippen molar-refractivity contribution < 1.29 is 9.59 Å². The molecule has 2 amide bonds. The summed E-state index contributed by atoms with van der Waals surface area (Å²) in [6, 6.07) is 22.2. The maximum atomic E-state index is 13.1. The highest BCUT2D eigenvalue weighted by atomic mass is 16.2. The van der Waals surface area contributed by atoms with Gasteiger partial charge in [0.1, 0.15) is 5.69 Å².